The summed E-state index contributed by atoms with van der Waals surface area (Å²) in [6.45, 7) is 15.3. The quantitative estimate of drug-likeness (QED) is 0.698. The molecule has 1 rings (SSSR count). The van der Waals surface area contributed by atoms with Gasteiger partial charge >= 0.3 is 0 Å². The Hall–Kier alpha value is -1.12. The van der Waals surface area contributed by atoms with Gasteiger partial charge in [-0.15, -0.1) is 0 Å². The molecule has 0 spiro atoms. The van der Waals surface area contributed by atoms with Crippen molar-refractivity contribution in [2.24, 2.45) is 0 Å². The molecule has 0 heterocycles. The molecule has 0 saturated heterocycles. The van der Waals surface area contributed by atoms with E-state index in [1.54, 1.807) is 0 Å². The van der Waals surface area contributed by atoms with Crippen LogP contribution in [0.15, 0.2) is 36.9 Å². The van der Waals surface area contributed by atoms with Gasteiger partial charge in [0, 0.05) is 12.6 Å². The molecule has 1 aromatic rings. The van der Waals surface area contributed by atoms with E-state index in [4.69, 9.17) is 0 Å². The van der Waals surface area contributed by atoms with Crippen LogP contribution in [0.2, 0.25) is 0 Å². The van der Waals surface area contributed by atoms with Crippen molar-refractivity contribution < 1.29 is 0 Å². The van der Waals surface area contributed by atoms with Gasteiger partial charge in [-0.1, -0.05) is 50.8 Å². The normalized spacial score (nSPS) is 12.6. The molecule has 112 valence electrons. The van der Waals surface area contributed by atoms with Crippen LogP contribution in [0.1, 0.15) is 39.2 Å². The molecule has 20 heavy (non-hydrogen) atoms. The molecule has 0 radical (unpaired) electrons. The predicted octanol–water partition coefficient (Wildman–Crippen LogP) is 3.80. The third kappa shape index (κ3) is 6.36. The molecular weight excluding hydrogens is 244 g/mol. The van der Waals surface area contributed by atoms with Gasteiger partial charge in [0.05, 0.1) is 0 Å². The first-order valence-corrected chi connectivity index (χ1v) is 7.86. The van der Waals surface area contributed by atoms with Crippen LogP contribution < -0.4 is 5.32 Å². The van der Waals surface area contributed by atoms with Crippen LogP contribution in [0.3, 0.4) is 0 Å². The average molecular weight is 274 g/mol. The first-order chi connectivity index (χ1) is 9.67. The van der Waals surface area contributed by atoms with E-state index in [1.807, 2.05) is 6.07 Å². The topological polar surface area (TPSA) is 15.3 Å². The molecule has 0 saturated carbocycles. The summed E-state index contributed by atoms with van der Waals surface area (Å²) in [4.78, 5) is 2.48. The van der Waals surface area contributed by atoms with E-state index < -0.39 is 0 Å². The summed E-state index contributed by atoms with van der Waals surface area (Å²) in [6, 6.07) is 11.0. The second-order valence-electron chi connectivity index (χ2n) is 5.42. The summed E-state index contributed by atoms with van der Waals surface area (Å²) in [5.41, 5.74) is 2.40. The van der Waals surface area contributed by atoms with Crippen LogP contribution in [0.25, 0.3) is 5.57 Å². The van der Waals surface area contributed by atoms with Gasteiger partial charge in [0.15, 0.2) is 0 Å². The predicted molar refractivity (Wildman–Crippen MR) is 90.0 cm³/mol. The van der Waals surface area contributed by atoms with Crippen LogP contribution in [-0.2, 0) is 0 Å². The summed E-state index contributed by atoms with van der Waals surface area (Å²) < 4.78 is 0. The minimum Gasteiger partial charge on any atom is -0.310 e. The zero-order valence-corrected chi connectivity index (χ0v) is 13.4. The highest BCUT2D eigenvalue weighted by Crippen LogP contribution is 2.10. The average Bonchev–Trinajstić information content (AvgIpc) is 2.50. The second-order valence-corrected chi connectivity index (χ2v) is 5.42. The van der Waals surface area contributed by atoms with Gasteiger partial charge in [0.25, 0.3) is 0 Å². The maximum atomic E-state index is 4.16. The fourth-order valence-corrected chi connectivity index (χ4v) is 2.34. The van der Waals surface area contributed by atoms with Gasteiger partial charge in [-0.3, -0.25) is 0 Å². The van der Waals surface area contributed by atoms with Crippen LogP contribution in [0.5, 0.6) is 0 Å². The van der Waals surface area contributed by atoms with Crippen molar-refractivity contribution in [2.75, 3.05) is 26.2 Å². The van der Waals surface area contributed by atoms with Crippen LogP contribution in [-0.4, -0.2) is 37.1 Å². The number of hydrogen-bond acceptors (Lipinski definition) is 2. The lowest BCUT2D eigenvalue weighted by Gasteiger charge is -2.20. The summed E-state index contributed by atoms with van der Waals surface area (Å²) in [7, 11) is 0. The molecule has 0 aliphatic rings. The molecule has 1 aromatic carbocycles. The minimum atomic E-state index is 0.547. The van der Waals surface area contributed by atoms with Gasteiger partial charge < -0.3 is 10.2 Å². The second kappa shape index (κ2) is 9.73. The highest BCUT2D eigenvalue weighted by atomic mass is 15.1. The van der Waals surface area contributed by atoms with Crippen molar-refractivity contribution in [3.05, 3.63) is 42.5 Å². The fourth-order valence-electron chi connectivity index (χ4n) is 2.34. The molecule has 2 heteroatoms. The Balaban J connectivity index is 2.20. The van der Waals surface area contributed by atoms with Crippen molar-refractivity contribution in [1.82, 2.24) is 10.2 Å². The van der Waals surface area contributed by atoms with Crippen molar-refractivity contribution in [2.45, 2.75) is 39.7 Å². The van der Waals surface area contributed by atoms with Crippen LogP contribution in [0.4, 0.5) is 0 Å². The molecule has 0 aromatic heterocycles. The fraction of sp³-hybridized carbons (Fsp3) is 0.556. The summed E-state index contributed by atoms with van der Waals surface area (Å²) >= 11 is 0. The molecule has 0 bridgehead atoms. The highest BCUT2D eigenvalue weighted by molar-refractivity contribution is 5.64. The first-order valence-electron chi connectivity index (χ1n) is 7.86. The monoisotopic (exact) mass is 274 g/mol. The van der Waals surface area contributed by atoms with E-state index in [9.17, 15) is 0 Å². The van der Waals surface area contributed by atoms with Crippen molar-refractivity contribution in [3.63, 3.8) is 0 Å². The van der Waals surface area contributed by atoms with E-state index in [0.29, 0.717) is 6.04 Å². The number of rotatable bonds is 10. The Bertz CT molecular complexity index is 368. The van der Waals surface area contributed by atoms with Crippen LogP contribution in [0, 0.1) is 0 Å². The van der Waals surface area contributed by atoms with Crippen LogP contribution >= 0.6 is 0 Å². The Morgan fingerprint density at radius 3 is 2.45 bits per heavy atom. The molecule has 0 fully saturated rings. The molecule has 0 aliphatic heterocycles. The first kappa shape index (κ1) is 16.9. The Morgan fingerprint density at radius 2 is 1.85 bits per heavy atom. The van der Waals surface area contributed by atoms with Crippen molar-refractivity contribution in [3.8, 4) is 0 Å². The van der Waals surface area contributed by atoms with Gasteiger partial charge in [-0.05, 0) is 50.5 Å². The third-order valence-electron chi connectivity index (χ3n) is 3.85. The molecule has 1 unspecified atom stereocenters. The van der Waals surface area contributed by atoms with E-state index in [1.165, 1.54) is 30.5 Å². The summed E-state index contributed by atoms with van der Waals surface area (Å²) in [5.74, 6) is 0. The van der Waals surface area contributed by atoms with E-state index in [-0.39, 0.29) is 0 Å². The number of nitrogens with one attached hydrogen (secondary N) is 1. The van der Waals surface area contributed by atoms with E-state index in [0.717, 1.165) is 19.6 Å². The lowest BCUT2D eigenvalue weighted by Crippen LogP contribution is -2.30. The summed E-state index contributed by atoms with van der Waals surface area (Å²) in [6.07, 6.45) is 2.48. The van der Waals surface area contributed by atoms with Crippen molar-refractivity contribution in [1.29, 1.82) is 0 Å². The number of nitrogens with zero attached hydrogens (tertiary/aromatic N) is 1. The lowest BCUT2D eigenvalue weighted by molar-refractivity contribution is 0.291. The molecule has 1 atom stereocenters. The smallest absolute Gasteiger partial charge is 0.0208 e. The number of benzene rings is 1. The van der Waals surface area contributed by atoms with Gasteiger partial charge in [-0.2, -0.15) is 0 Å². The number of hydrogen-bond donors (Lipinski definition) is 1. The largest absolute Gasteiger partial charge is 0.310 e. The molecule has 1 N–H and O–H groups in total. The molecule has 2 nitrogen and oxygen atoms in total. The van der Waals surface area contributed by atoms with E-state index in [2.05, 4.69) is 61.8 Å². The Kier molecular flexibility index (Phi) is 8.24. The van der Waals surface area contributed by atoms with Crippen molar-refractivity contribution >= 4 is 5.57 Å². The molecular formula is C18H30N2. The Morgan fingerprint density at radius 1 is 1.20 bits per heavy atom. The van der Waals surface area contributed by atoms with Gasteiger partial charge in [-0.25, -0.2) is 0 Å². The highest BCUT2D eigenvalue weighted by Gasteiger charge is 2.05. The Labute approximate surface area is 124 Å². The third-order valence-corrected chi connectivity index (χ3v) is 3.85. The standard InChI is InChI=1S/C18H30N2/c1-5-20(6-2)14-10-11-17(4)19-15-16(3)18-12-8-7-9-13-18/h7-9,12-13,17,19H,3,5-6,10-11,14-15H2,1-2,4H3. The summed E-state index contributed by atoms with van der Waals surface area (Å²) in [5, 5.41) is 3.57. The molecule has 0 amide bonds. The van der Waals surface area contributed by atoms with Gasteiger partial charge in [0.1, 0.15) is 0 Å². The van der Waals surface area contributed by atoms with E-state index >= 15 is 0 Å². The maximum Gasteiger partial charge on any atom is 0.0208 e. The van der Waals surface area contributed by atoms with Gasteiger partial charge in [0.2, 0.25) is 0 Å². The zero-order chi connectivity index (χ0) is 14.8. The lowest BCUT2D eigenvalue weighted by atomic mass is 10.1. The molecule has 0 aliphatic carbocycles. The minimum absolute atomic E-state index is 0.547. The SMILES string of the molecule is C=C(CNC(C)CCCN(CC)CC)c1ccccc1. The zero-order valence-electron chi connectivity index (χ0n) is 13.4. The maximum absolute atomic E-state index is 4.16.